The minimum Gasteiger partial charge on any atom is -0.457 e. The lowest BCUT2D eigenvalue weighted by Gasteiger charge is -2.15. The molecule has 1 heterocycles. The van der Waals surface area contributed by atoms with Gasteiger partial charge in [-0.1, -0.05) is 18.2 Å². The number of ether oxygens (including phenoxy) is 1. The average Bonchev–Trinajstić information content (AvgIpc) is 2.93. The van der Waals surface area contributed by atoms with Crippen molar-refractivity contribution in [2.45, 2.75) is 17.0 Å². The number of aliphatic hydroxyl groups is 1. The zero-order valence-corrected chi connectivity index (χ0v) is 13.2. The van der Waals surface area contributed by atoms with Crippen molar-refractivity contribution in [1.29, 1.82) is 0 Å². The smallest absolute Gasteiger partial charge is 0.240 e. The number of β-amino-alcohol motifs (C(OH)–C–C–N with tert-alkyl or cyclic N) is 1. The Bertz CT molecular complexity index is 747. The van der Waals surface area contributed by atoms with Gasteiger partial charge in [-0.25, -0.2) is 13.1 Å². The van der Waals surface area contributed by atoms with E-state index in [4.69, 9.17) is 4.74 Å². The van der Waals surface area contributed by atoms with Crippen LogP contribution >= 0.6 is 0 Å². The summed E-state index contributed by atoms with van der Waals surface area (Å²) in [6.07, 6.45) is -0.717. The molecule has 1 saturated heterocycles. The summed E-state index contributed by atoms with van der Waals surface area (Å²) in [6, 6.07) is 14.9. The molecular formula is C16H18N2O4S. The van der Waals surface area contributed by atoms with Crippen molar-refractivity contribution >= 4 is 10.0 Å². The first kappa shape index (κ1) is 15.9. The first-order chi connectivity index (χ1) is 11.0. The third-order valence-electron chi connectivity index (χ3n) is 3.60. The Labute approximate surface area is 135 Å². The normalized spacial score (nSPS) is 21.3. The molecule has 6 nitrogen and oxygen atoms in total. The van der Waals surface area contributed by atoms with Crippen LogP contribution in [0, 0.1) is 0 Å². The van der Waals surface area contributed by atoms with Crippen LogP contribution in [-0.2, 0) is 10.0 Å². The van der Waals surface area contributed by atoms with E-state index in [1.807, 2.05) is 30.3 Å². The molecule has 7 heteroatoms. The number of benzene rings is 2. The van der Waals surface area contributed by atoms with Crippen molar-refractivity contribution in [3.63, 3.8) is 0 Å². The summed E-state index contributed by atoms with van der Waals surface area (Å²) >= 11 is 0. The van der Waals surface area contributed by atoms with Crippen LogP contribution in [0.5, 0.6) is 11.5 Å². The molecule has 2 aromatic rings. The third-order valence-corrected chi connectivity index (χ3v) is 5.11. The molecule has 0 aromatic heterocycles. The van der Waals surface area contributed by atoms with E-state index in [-0.39, 0.29) is 4.90 Å². The molecule has 2 atom stereocenters. The van der Waals surface area contributed by atoms with E-state index in [2.05, 4.69) is 10.0 Å². The molecule has 0 saturated carbocycles. The van der Waals surface area contributed by atoms with Crippen molar-refractivity contribution < 1.29 is 18.3 Å². The van der Waals surface area contributed by atoms with E-state index in [1.54, 1.807) is 12.1 Å². The molecule has 1 aliphatic rings. The quantitative estimate of drug-likeness (QED) is 0.762. The van der Waals surface area contributed by atoms with E-state index < -0.39 is 22.2 Å². The SMILES string of the molecule is O=S(=O)(NC1CNCC1O)c1ccc(Oc2ccccc2)cc1. The molecule has 1 fully saturated rings. The monoisotopic (exact) mass is 334 g/mol. The van der Waals surface area contributed by atoms with Gasteiger partial charge in [0.2, 0.25) is 10.0 Å². The largest absolute Gasteiger partial charge is 0.457 e. The second kappa shape index (κ2) is 6.67. The van der Waals surface area contributed by atoms with Crippen molar-refractivity contribution in [3.8, 4) is 11.5 Å². The van der Waals surface area contributed by atoms with Crippen LogP contribution in [-0.4, -0.2) is 38.8 Å². The number of aliphatic hydroxyl groups excluding tert-OH is 1. The van der Waals surface area contributed by atoms with Crippen LogP contribution in [0.3, 0.4) is 0 Å². The topological polar surface area (TPSA) is 87.7 Å². The van der Waals surface area contributed by atoms with Gasteiger partial charge < -0.3 is 15.2 Å². The first-order valence-electron chi connectivity index (χ1n) is 7.29. The molecule has 0 radical (unpaired) electrons. The maximum atomic E-state index is 12.3. The van der Waals surface area contributed by atoms with Crippen molar-refractivity contribution in [1.82, 2.24) is 10.0 Å². The predicted octanol–water partition coefficient (Wildman–Crippen LogP) is 1.09. The summed E-state index contributed by atoms with van der Waals surface area (Å²) in [5, 5.41) is 12.6. The zero-order valence-electron chi connectivity index (χ0n) is 12.3. The number of rotatable bonds is 5. The molecular weight excluding hydrogens is 316 g/mol. The zero-order chi connectivity index (χ0) is 16.3. The molecule has 3 rings (SSSR count). The molecule has 23 heavy (non-hydrogen) atoms. The summed E-state index contributed by atoms with van der Waals surface area (Å²) < 4.78 is 32.8. The Morgan fingerprint density at radius 2 is 1.65 bits per heavy atom. The maximum Gasteiger partial charge on any atom is 0.240 e. The number of nitrogens with one attached hydrogen (secondary N) is 2. The average molecular weight is 334 g/mol. The van der Waals surface area contributed by atoms with Crippen LogP contribution in [0.25, 0.3) is 0 Å². The van der Waals surface area contributed by atoms with Gasteiger partial charge in [0.25, 0.3) is 0 Å². The fraction of sp³-hybridized carbons (Fsp3) is 0.250. The molecule has 0 spiro atoms. The molecule has 3 N–H and O–H groups in total. The van der Waals surface area contributed by atoms with Crippen molar-refractivity contribution in [2.24, 2.45) is 0 Å². The molecule has 2 unspecified atom stereocenters. The fourth-order valence-corrected chi connectivity index (χ4v) is 3.63. The lowest BCUT2D eigenvalue weighted by atomic mass is 10.2. The van der Waals surface area contributed by atoms with Gasteiger partial charge >= 0.3 is 0 Å². The molecule has 0 aliphatic carbocycles. The van der Waals surface area contributed by atoms with Gasteiger partial charge in [0, 0.05) is 13.1 Å². The molecule has 0 amide bonds. The number of hydrogen-bond donors (Lipinski definition) is 3. The van der Waals surface area contributed by atoms with E-state index in [0.717, 1.165) is 0 Å². The first-order valence-corrected chi connectivity index (χ1v) is 8.77. The van der Waals surface area contributed by atoms with Crippen LogP contribution in [0.4, 0.5) is 0 Å². The van der Waals surface area contributed by atoms with Crippen molar-refractivity contribution in [2.75, 3.05) is 13.1 Å². The van der Waals surface area contributed by atoms with Crippen molar-refractivity contribution in [3.05, 3.63) is 54.6 Å². The minimum absolute atomic E-state index is 0.136. The van der Waals surface area contributed by atoms with Crippen LogP contribution in [0.15, 0.2) is 59.5 Å². The van der Waals surface area contributed by atoms with Crippen LogP contribution < -0.4 is 14.8 Å². The second-order valence-corrected chi connectivity index (χ2v) is 7.05. The predicted molar refractivity (Wildman–Crippen MR) is 85.9 cm³/mol. The Morgan fingerprint density at radius 1 is 1.00 bits per heavy atom. The highest BCUT2D eigenvalue weighted by Gasteiger charge is 2.29. The summed E-state index contributed by atoms with van der Waals surface area (Å²) in [5.74, 6) is 1.24. The van der Waals surface area contributed by atoms with Crippen LogP contribution in [0.2, 0.25) is 0 Å². The van der Waals surface area contributed by atoms with Gasteiger partial charge in [0.05, 0.1) is 17.0 Å². The molecule has 2 aromatic carbocycles. The minimum atomic E-state index is -3.67. The lowest BCUT2D eigenvalue weighted by molar-refractivity contribution is 0.173. The fourth-order valence-electron chi connectivity index (χ4n) is 2.36. The Balaban J connectivity index is 1.71. The summed E-state index contributed by atoms with van der Waals surface area (Å²) in [4.78, 5) is 0.136. The standard InChI is InChI=1S/C16H18N2O4S/c19-16-11-17-10-15(16)18-23(20,21)14-8-6-13(7-9-14)22-12-4-2-1-3-5-12/h1-9,15-19H,10-11H2. The summed E-state index contributed by atoms with van der Waals surface area (Å²) in [5.41, 5.74) is 0. The van der Waals surface area contributed by atoms with Gasteiger partial charge in [0.1, 0.15) is 11.5 Å². The Hall–Kier alpha value is -1.93. The molecule has 1 aliphatic heterocycles. The van der Waals surface area contributed by atoms with E-state index in [1.165, 1.54) is 12.1 Å². The third kappa shape index (κ3) is 3.89. The van der Waals surface area contributed by atoms with Gasteiger partial charge in [-0.3, -0.25) is 0 Å². The lowest BCUT2D eigenvalue weighted by Crippen LogP contribution is -2.42. The molecule has 0 bridgehead atoms. The van der Waals surface area contributed by atoms with E-state index in [0.29, 0.717) is 24.6 Å². The van der Waals surface area contributed by atoms with E-state index in [9.17, 15) is 13.5 Å². The molecule has 122 valence electrons. The van der Waals surface area contributed by atoms with Crippen LogP contribution in [0.1, 0.15) is 0 Å². The Morgan fingerprint density at radius 3 is 2.26 bits per heavy atom. The Kier molecular flexibility index (Phi) is 4.63. The summed E-state index contributed by atoms with van der Waals surface area (Å²) in [7, 11) is -3.67. The highest BCUT2D eigenvalue weighted by Crippen LogP contribution is 2.22. The van der Waals surface area contributed by atoms with Gasteiger partial charge in [-0.2, -0.15) is 0 Å². The van der Waals surface area contributed by atoms with Gasteiger partial charge in [-0.15, -0.1) is 0 Å². The van der Waals surface area contributed by atoms with E-state index >= 15 is 0 Å². The van der Waals surface area contributed by atoms with Gasteiger partial charge in [0.15, 0.2) is 0 Å². The highest BCUT2D eigenvalue weighted by atomic mass is 32.2. The number of hydrogen-bond acceptors (Lipinski definition) is 5. The summed E-state index contributed by atoms with van der Waals surface area (Å²) in [6.45, 7) is 0.798. The number of para-hydroxylation sites is 1. The highest BCUT2D eigenvalue weighted by molar-refractivity contribution is 7.89. The maximum absolute atomic E-state index is 12.3. The van der Waals surface area contributed by atoms with Gasteiger partial charge in [-0.05, 0) is 36.4 Å². The second-order valence-electron chi connectivity index (χ2n) is 5.34. The number of sulfonamides is 1.